The summed E-state index contributed by atoms with van der Waals surface area (Å²) < 4.78 is 0. The number of nitrogens with two attached hydrogens (primary N) is 1. The number of carbonyl (C=O) groups excluding carboxylic acids is 5. The summed E-state index contributed by atoms with van der Waals surface area (Å²) >= 11 is 0. The van der Waals surface area contributed by atoms with Crippen LogP contribution < -0.4 is 27.0 Å². The molecule has 12 heteroatoms. The first-order chi connectivity index (χ1) is 24.3. The topological polar surface area (TPSA) is 166 Å². The minimum absolute atomic E-state index is 0.0610. The summed E-state index contributed by atoms with van der Waals surface area (Å²) in [6.07, 6.45) is 12.1. The number of Topliss-reactive ketones (excluding diaryl/α,β-unsaturated/α-hetero) is 1. The van der Waals surface area contributed by atoms with Crippen molar-refractivity contribution in [3.8, 4) is 0 Å². The monoisotopic (exact) mass is 726 g/mol. The minimum Gasteiger partial charge on any atom is -0.363 e. The van der Waals surface area contributed by atoms with Gasteiger partial charge in [-0.15, -0.1) is 0 Å². The molecule has 2 unspecified atom stereocenters. The lowest BCUT2D eigenvalue weighted by Gasteiger charge is -2.45. The Labute approximate surface area is 311 Å². The van der Waals surface area contributed by atoms with Crippen LogP contribution in [0.4, 0.5) is 4.79 Å². The zero-order valence-electron chi connectivity index (χ0n) is 33.0. The number of ketones is 1. The highest BCUT2D eigenvalue weighted by atomic mass is 16.2. The van der Waals surface area contributed by atoms with Crippen LogP contribution in [-0.4, -0.2) is 101 Å². The second-order valence-corrected chi connectivity index (χ2v) is 19.6. The van der Waals surface area contributed by atoms with Crippen LogP contribution in [0, 0.1) is 27.6 Å². The molecule has 4 saturated carbocycles. The zero-order valence-corrected chi connectivity index (χ0v) is 33.0. The van der Waals surface area contributed by atoms with Gasteiger partial charge in [0, 0.05) is 43.7 Å². The van der Waals surface area contributed by atoms with Crippen LogP contribution in [0.5, 0.6) is 0 Å². The van der Waals surface area contributed by atoms with Crippen molar-refractivity contribution in [3.63, 3.8) is 0 Å². The number of urea groups is 1. The fourth-order valence-electron chi connectivity index (χ4n) is 11.6. The van der Waals surface area contributed by atoms with Gasteiger partial charge in [0.1, 0.15) is 12.1 Å². The van der Waals surface area contributed by atoms with Gasteiger partial charge in [-0.05, 0) is 74.5 Å². The maximum Gasteiger partial charge on any atom is 0.315 e. The molecule has 6 fully saturated rings. The number of amides is 5. The molecule has 4 aliphatic carbocycles. The first-order valence-corrected chi connectivity index (χ1v) is 20.4. The van der Waals surface area contributed by atoms with Crippen molar-refractivity contribution in [2.45, 2.75) is 168 Å². The van der Waals surface area contributed by atoms with Crippen molar-refractivity contribution in [2.75, 3.05) is 26.2 Å². The molecular weight excluding hydrogens is 658 g/mol. The number of fused-ring (bicyclic) bond motifs is 1. The Balaban J connectivity index is 1.23. The number of primary amides is 1. The maximum absolute atomic E-state index is 15.0. The van der Waals surface area contributed by atoms with E-state index in [9.17, 15) is 24.0 Å². The summed E-state index contributed by atoms with van der Waals surface area (Å²) in [5, 5.41) is 13.0. The number of hydrogen-bond acceptors (Lipinski definition) is 7. The van der Waals surface area contributed by atoms with Crippen LogP contribution in [0.3, 0.4) is 0 Å². The van der Waals surface area contributed by atoms with Gasteiger partial charge in [-0.25, -0.2) is 4.79 Å². The van der Waals surface area contributed by atoms with E-state index < -0.39 is 41.1 Å². The fraction of sp³-hybridized carbons (Fsp3) is 0.875. The molecule has 6 rings (SSSR count). The van der Waals surface area contributed by atoms with Crippen molar-refractivity contribution in [1.82, 2.24) is 31.1 Å². The minimum atomic E-state index is -1.06. The molecule has 52 heavy (non-hydrogen) atoms. The first kappa shape index (κ1) is 39.0. The summed E-state index contributed by atoms with van der Waals surface area (Å²) in [5.74, 6) is -2.30. The average molecular weight is 726 g/mol. The van der Waals surface area contributed by atoms with Crippen LogP contribution in [0.2, 0.25) is 0 Å². The third-order valence-electron chi connectivity index (χ3n) is 14.8. The van der Waals surface area contributed by atoms with E-state index >= 15 is 0 Å². The van der Waals surface area contributed by atoms with Crippen LogP contribution in [0.25, 0.3) is 0 Å². The van der Waals surface area contributed by atoms with Crippen LogP contribution >= 0.6 is 0 Å². The SMILES string of the molecule is C[C@H]1CN(CC2(NC(=O)N[C@H](C(=O)N3CC4(C[C@H]3C(=O)NC(CC3CCC3)C(=O)C(N)=O)C(C)(C)C43CCC3)C(C)(C)C)CCCCC2)C[C@H](C)N1. The van der Waals surface area contributed by atoms with Gasteiger partial charge < -0.3 is 31.9 Å². The molecule has 0 radical (unpaired) electrons. The Kier molecular flexibility index (Phi) is 10.6. The van der Waals surface area contributed by atoms with Crippen molar-refractivity contribution in [3.05, 3.63) is 0 Å². The second-order valence-electron chi connectivity index (χ2n) is 19.6. The number of rotatable bonds is 11. The molecule has 0 aromatic heterocycles. The van der Waals surface area contributed by atoms with Gasteiger partial charge in [0.25, 0.3) is 5.91 Å². The summed E-state index contributed by atoms with van der Waals surface area (Å²) in [4.78, 5) is 72.6. The van der Waals surface area contributed by atoms with Crippen LogP contribution in [-0.2, 0) is 19.2 Å². The van der Waals surface area contributed by atoms with E-state index in [1.807, 2.05) is 20.8 Å². The summed E-state index contributed by atoms with van der Waals surface area (Å²) in [6.45, 7) is 17.8. The number of piperazine rings is 1. The van der Waals surface area contributed by atoms with Crippen LogP contribution in [0.1, 0.15) is 132 Å². The fourth-order valence-corrected chi connectivity index (χ4v) is 11.6. The Hall–Kier alpha value is -2.73. The summed E-state index contributed by atoms with van der Waals surface area (Å²) in [6, 6.07) is -2.34. The lowest BCUT2D eigenvalue weighted by molar-refractivity contribution is -0.143. The molecule has 0 aromatic carbocycles. The van der Waals surface area contributed by atoms with Gasteiger partial charge in [-0.1, -0.05) is 79.6 Å². The highest BCUT2D eigenvalue weighted by Crippen LogP contribution is 2.88. The van der Waals surface area contributed by atoms with Gasteiger partial charge in [-0.2, -0.15) is 0 Å². The number of likely N-dealkylation sites (tertiary alicyclic amines) is 1. The molecule has 2 aliphatic heterocycles. The largest absolute Gasteiger partial charge is 0.363 e. The molecule has 6 atom stereocenters. The number of nitrogens with zero attached hydrogens (tertiary/aromatic N) is 2. The highest BCUT2D eigenvalue weighted by molar-refractivity contribution is 6.37. The quantitative estimate of drug-likeness (QED) is 0.203. The van der Waals surface area contributed by atoms with E-state index in [-0.39, 0.29) is 39.6 Å². The van der Waals surface area contributed by atoms with E-state index in [1.54, 1.807) is 4.90 Å². The molecule has 0 bridgehead atoms. The standard InChI is InChI=1S/C40H67N7O5/c1-25-21-46(22-26(2)42-25)23-38(15-9-8-10-16-38)45-35(52)44-31(36(3,4)5)34(51)47-24-40(37(6,7)39(40)17-12-18-39)20-29(47)33(50)43-28(30(48)32(41)49)19-27-13-11-14-27/h25-29,31,42H,8-24H2,1-7H3,(H2,41,49)(H,43,50)(H2,44,45,52)/t25-,26-,28?,29-,31+,40?/m0/s1. The molecule has 2 heterocycles. The molecule has 6 N–H and O–H groups in total. The van der Waals surface area contributed by atoms with Crippen molar-refractivity contribution in [1.29, 1.82) is 0 Å². The molecule has 0 aromatic rings. The first-order valence-electron chi connectivity index (χ1n) is 20.4. The van der Waals surface area contributed by atoms with Crippen molar-refractivity contribution >= 4 is 29.5 Å². The number of hydrogen-bond donors (Lipinski definition) is 5. The van der Waals surface area contributed by atoms with E-state index in [2.05, 4.69) is 53.9 Å². The van der Waals surface area contributed by atoms with Gasteiger partial charge >= 0.3 is 6.03 Å². The predicted octanol–water partition coefficient (Wildman–Crippen LogP) is 3.61. The molecule has 6 aliphatic rings. The predicted molar refractivity (Wildman–Crippen MR) is 200 cm³/mol. The smallest absolute Gasteiger partial charge is 0.315 e. The Bertz CT molecular complexity index is 1400. The molecule has 12 nitrogen and oxygen atoms in total. The lowest BCUT2D eigenvalue weighted by Crippen LogP contribution is -2.65. The third-order valence-corrected chi connectivity index (χ3v) is 14.8. The van der Waals surface area contributed by atoms with E-state index in [1.165, 1.54) is 0 Å². The van der Waals surface area contributed by atoms with E-state index in [0.717, 1.165) is 90.3 Å². The zero-order chi connectivity index (χ0) is 37.9. The number of carbonyl (C=O) groups is 5. The Morgan fingerprint density at radius 2 is 1.50 bits per heavy atom. The molecule has 2 spiro atoms. The molecule has 2 saturated heterocycles. The second kappa shape index (κ2) is 14.2. The Morgan fingerprint density at radius 3 is 2.00 bits per heavy atom. The van der Waals surface area contributed by atoms with E-state index in [0.29, 0.717) is 31.5 Å². The van der Waals surface area contributed by atoms with Crippen molar-refractivity contribution in [2.24, 2.45) is 33.3 Å². The van der Waals surface area contributed by atoms with E-state index in [4.69, 9.17) is 5.73 Å². The highest BCUT2D eigenvalue weighted by Gasteiger charge is 2.85. The third kappa shape index (κ3) is 7.00. The Morgan fingerprint density at radius 1 is 0.865 bits per heavy atom. The summed E-state index contributed by atoms with van der Waals surface area (Å²) in [5.41, 5.74) is 4.17. The summed E-state index contributed by atoms with van der Waals surface area (Å²) in [7, 11) is 0. The molecule has 5 amide bonds. The molecule has 292 valence electrons. The van der Waals surface area contributed by atoms with Gasteiger partial charge in [0.05, 0.1) is 11.6 Å². The normalized spacial score (nSPS) is 31.9. The number of nitrogens with one attached hydrogen (secondary N) is 4. The van der Waals surface area contributed by atoms with Gasteiger partial charge in [0.2, 0.25) is 17.6 Å². The van der Waals surface area contributed by atoms with Gasteiger partial charge in [-0.3, -0.25) is 24.1 Å². The van der Waals surface area contributed by atoms with Gasteiger partial charge in [0.15, 0.2) is 0 Å². The lowest BCUT2D eigenvalue weighted by atomic mass is 9.73. The average Bonchev–Trinajstić information content (AvgIpc) is 3.22. The van der Waals surface area contributed by atoms with Crippen molar-refractivity contribution < 1.29 is 24.0 Å². The maximum atomic E-state index is 15.0. The van der Waals surface area contributed by atoms with Crippen LogP contribution in [0.15, 0.2) is 0 Å². The molecular formula is C40H67N7O5.